The molecule has 8 heteroatoms. The molecule has 0 radical (unpaired) electrons. The first-order chi connectivity index (χ1) is 14.6. The van der Waals surface area contributed by atoms with Gasteiger partial charge < -0.3 is 15.0 Å². The summed E-state index contributed by atoms with van der Waals surface area (Å²) in [6.07, 6.45) is 4.12. The quantitative estimate of drug-likeness (QED) is 0.735. The summed E-state index contributed by atoms with van der Waals surface area (Å²) in [5, 5.41) is 8.05. The second-order valence-electron chi connectivity index (χ2n) is 7.72. The molecule has 2 heterocycles. The Kier molecular flexibility index (Phi) is 6.24. The maximum atomic E-state index is 13.5. The highest BCUT2D eigenvalue weighted by Crippen LogP contribution is 2.26. The minimum Gasteiger partial charge on any atom is -0.378 e. The number of rotatable bonds is 6. The predicted octanol–water partition coefficient (Wildman–Crippen LogP) is 2.47. The number of amides is 1. The largest absolute Gasteiger partial charge is 0.378 e. The van der Waals surface area contributed by atoms with E-state index in [1.54, 1.807) is 17.0 Å². The maximum absolute atomic E-state index is 13.5. The smallest absolute Gasteiger partial charge is 0.274 e. The molecule has 0 bridgehead atoms. The molecule has 1 aromatic heterocycles. The first-order valence-electron chi connectivity index (χ1n) is 10.3. The lowest BCUT2D eigenvalue weighted by Gasteiger charge is -2.28. The summed E-state index contributed by atoms with van der Waals surface area (Å²) in [6.45, 7) is 7.02. The molecule has 1 amide bonds. The van der Waals surface area contributed by atoms with E-state index in [2.05, 4.69) is 17.0 Å². The van der Waals surface area contributed by atoms with Crippen molar-refractivity contribution in [3.05, 3.63) is 65.0 Å². The van der Waals surface area contributed by atoms with Gasteiger partial charge in [-0.15, -0.1) is 6.58 Å². The number of hydrogen-bond donors (Lipinski definition) is 1. The van der Waals surface area contributed by atoms with E-state index in [1.165, 1.54) is 6.07 Å². The molecule has 1 saturated heterocycles. The molecule has 1 aromatic carbocycles. The van der Waals surface area contributed by atoms with Crippen molar-refractivity contribution in [3.63, 3.8) is 0 Å². The summed E-state index contributed by atoms with van der Waals surface area (Å²) in [5.41, 5.74) is 3.25. The Morgan fingerprint density at radius 1 is 1.30 bits per heavy atom. The van der Waals surface area contributed by atoms with Crippen LogP contribution in [0.1, 0.15) is 33.7 Å². The lowest BCUT2D eigenvalue weighted by atomic mass is 9.90. The number of halogens is 2. The van der Waals surface area contributed by atoms with Gasteiger partial charge in [0.2, 0.25) is 0 Å². The number of nitrogens with one attached hydrogen (secondary N) is 1. The molecule has 1 aliphatic carbocycles. The van der Waals surface area contributed by atoms with Crippen molar-refractivity contribution >= 4 is 5.91 Å². The lowest BCUT2D eigenvalue weighted by Crippen LogP contribution is -2.41. The fourth-order valence-corrected chi connectivity index (χ4v) is 4.14. The number of allylic oxidation sites excluding steroid dienone is 1. The summed E-state index contributed by atoms with van der Waals surface area (Å²) in [6, 6.07) is 4.06. The Morgan fingerprint density at radius 2 is 2.10 bits per heavy atom. The number of nitrogens with zero attached hydrogens (tertiary/aromatic N) is 3. The Bertz CT molecular complexity index is 937. The molecule has 1 aliphatic heterocycles. The molecule has 6 nitrogen and oxygen atoms in total. The number of carbonyl (C=O) groups excluding carboxylic acids is 1. The Balaban J connectivity index is 1.51. The standard InChI is InChI=1S/C22H26F2N4O2/c1-2-7-28-20-6-4-16(25-14-15-3-5-18(23)19(24)12-15)13-17(20)21(26-28)22(29)27-8-10-30-11-9-27/h2-3,5,12,16,25H,1,4,6-11,13-14H2/t16-/m0/s1. The second-order valence-corrected chi connectivity index (χ2v) is 7.72. The Labute approximate surface area is 174 Å². The van der Waals surface area contributed by atoms with Gasteiger partial charge in [-0.1, -0.05) is 12.1 Å². The number of fused-ring (bicyclic) bond motifs is 1. The third-order valence-electron chi connectivity index (χ3n) is 5.73. The fraction of sp³-hybridized carbons (Fsp3) is 0.455. The zero-order valence-corrected chi connectivity index (χ0v) is 16.9. The van der Waals surface area contributed by atoms with Crippen molar-refractivity contribution in [1.82, 2.24) is 20.0 Å². The molecule has 0 spiro atoms. The van der Waals surface area contributed by atoms with E-state index >= 15 is 0 Å². The van der Waals surface area contributed by atoms with Gasteiger partial charge in [0.1, 0.15) is 0 Å². The molecule has 160 valence electrons. The number of morpholine rings is 1. The summed E-state index contributed by atoms with van der Waals surface area (Å²) in [7, 11) is 0. The summed E-state index contributed by atoms with van der Waals surface area (Å²) >= 11 is 0. The average molecular weight is 416 g/mol. The van der Waals surface area contributed by atoms with Crippen LogP contribution in [0.25, 0.3) is 0 Å². The molecular formula is C22H26F2N4O2. The van der Waals surface area contributed by atoms with E-state index in [1.807, 2.05) is 4.68 Å². The number of carbonyl (C=O) groups is 1. The van der Waals surface area contributed by atoms with Gasteiger partial charge in [-0.05, 0) is 37.0 Å². The monoisotopic (exact) mass is 416 g/mol. The van der Waals surface area contributed by atoms with Gasteiger partial charge in [0, 0.05) is 36.9 Å². The normalized spacial score (nSPS) is 18.9. The van der Waals surface area contributed by atoms with Gasteiger partial charge in [0.15, 0.2) is 17.3 Å². The SMILES string of the molecule is C=CCn1nc(C(=O)N2CCOCC2)c2c1CC[C@H](NCc1ccc(F)c(F)c1)C2. The predicted molar refractivity (Wildman–Crippen MR) is 108 cm³/mol. The highest BCUT2D eigenvalue weighted by molar-refractivity contribution is 5.94. The molecule has 4 rings (SSSR count). The highest BCUT2D eigenvalue weighted by atomic mass is 19.2. The van der Waals surface area contributed by atoms with Crippen molar-refractivity contribution in [3.8, 4) is 0 Å². The third kappa shape index (κ3) is 4.29. The van der Waals surface area contributed by atoms with E-state index in [-0.39, 0.29) is 11.9 Å². The van der Waals surface area contributed by atoms with Gasteiger partial charge >= 0.3 is 0 Å². The minimum absolute atomic E-state index is 0.0568. The van der Waals surface area contributed by atoms with E-state index in [4.69, 9.17) is 4.74 Å². The van der Waals surface area contributed by atoms with Gasteiger partial charge in [0.25, 0.3) is 5.91 Å². The van der Waals surface area contributed by atoms with Crippen LogP contribution in [0, 0.1) is 11.6 Å². The van der Waals surface area contributed by atoms with E-state index in [0.717, 1.165) is 30.2 Å². The van der Waals surface area contributed by atoms with Crippen LogP contribution in [0.3, 0.4) is 0 Å². The zero-order chi connectivity index (χ0) is 21.1. The van der Waals surface area contributed by atoms with Gasteiger partial charge in [0.05, 0.1) is 19.8 Å². The van der Waals surface area contributed by atoms with E-state index < -0.39 is 11.6 Å². The molecule has 1 fully saturated rings. The van der Waals surface area contributed by atoms with Crippen LogP contribution >= 0.6 is 0 Å². The number of ether oxygens (including phenoxy) is 1. The molecule has 2 aromatic rings. The maximum Gasteiger partial charge on any atom is 0.274 e. The van der Waals surface area contributed by atoms with Crippen LogP contribution in [0.2, 0.25) is 0 Å². The molecule has 1 N–H and O–H groups in total. The Morgan fingerprint density at radius 3 is 2.83 bits per heavy atom. The summed E-state index contributed by atoms with van der Waals surface area (Å²) in [5.74, 6) is -1.75. The topological polar surface area (TPSA) is 59.4 Å². The zero-order valence-electron chi connectivity index (χ0n) is 16.9. The van der Waals surface area contributed by atoms with E-state index in [0.29, 0.717) is 57.1 Å². The van der Waals surface area contributed by atoms with Crippen molar-refractivity contribution in [2.24, 2.45) is 0 Å². The van der Waals surface area contributed by atoms with Crippen LogP contribution in [-0.4, -0.2) is 52.9 Å². The van der Waals surface area contributed by atoms with E-state index in [9.17, 15) is 13.6 Å². The fourth-order valence-electron chi connectivity index (χ4n) is 4.14. The second kappa shape index (κ2) is 9.06. The first kappa shape index (κ1) is 20.7. The average Bonchev–Trinajstić information content (AvgIpc) is 3.12. The molecule has 0 saturated carbocycles. The van der Waals surface area contributed by atoms with Crippen molar-refractivity contribution < 1.29 is 18.3 Å². The molecule has 30 heavy (non-hydrogen) atoms. The third-order valence-corrected chi connectivity index (χ3v) is 5.73. The summed E-state index contributed by atoms with van der Waals surface area (Å²) in [4.78, 5) is 14.9. The molecule has 1 atom stereocenters. The van der Waals surface area contributed by atoms with Crippen molar-refractivity contribution in [1.29, 1.82) is 0 Å². The van der Waals surface area contributed by atoms with Crippen molar-refractivity contribution in [2.45, 2.75) is 38.4 Å². The van der Waals surface area contributed by atoms with Crippen LogP contribution in [0.5, 0.6) is 0 Å². The van der Waals surface area contributed by atoms with Crippen LogP contribution in [0.15, 0.2) is 30.9 Å². The summed E-state index contributed by atoms with van der Waals surface area (Å²) < 4.78 is 33.8. The Hall–Kier alpha value is -2.58. The van der Waals surface area contributed by atoms with Gasteiger partial charge in [-0.25, -0.2) is 8.78 Å². The number of aromatic nitrogens is 2. The van der Waals surface area contributed by atoms with Crippen LogP contribution in [-0.2, 0) is 30.7 Å². The van der Waals surface area contributed by atoms with Crippen LogP contribution < -0.4 is 5.32 Å². The van der Waals surface area contributed by atoms with Gasteiger partial charge in [-0.2, -0.15) is 5.10 Å². The molecule has 2 aliphatic rings. The van der Waals surface area contributed by atoms with Gasteiger partial charge in [-0.3, -0.25) is 9.48 Å². The lowest BCUT2D eigenvalue weighted by molar-refractivity contribution is 0.0297. The highest BCUT2D eigenvalue weighted by Gasteiger charge is 2.31. The number of benzene rings is 1. The molecular weight excluding hydrogens is 390 g/mol. The molecule has 0 unspecified atom stereocenters. The van der Waals surface area contributed by atoms with Crippen molar-refractivity contribution in [2.75, 3.05) is 26.3 Å². The first-order valence-corrected chi connectivity index (χ1v) is 10.3. The minimum atomic E-state index is -0.845. The van der Waals surface area contributed by atoms with Crippen LogP contribution in [0.4, 0.5) is 8.78 Å². The number of hydrogen-bond acceptors (Lipinski definition) is 4.